The minimum atomic E-state index is -3.52. The molecular formula is C9H9N3O2S2. The second-order valence-corrected chi connectivity index (χ2v) is 5.58. The van der Waals surface area contributed by atoms with E-state index >= 15 is 0 Å². The lowest BCUT2D eigenvalue weighted by Crippen LogP contribution is -2.33. The highest BCUT2D eigenvalue weighted by Crippen LogP contribution is 2.29. The highest BCUT2D eigenvalue weighted by atomic mass is 32.2. The van der Waals surface area contributed by atoms with E-state index in [0.29, 0.717) is 16.7 Å². The third kappa shape index (κ3) is 2.10. The molecule has 0 saturated heterocycles. The van der Waals surface area contributed by atoms with Crippen LogP contribution in [-0.2, 0) is 10.0 Å². The fraction of sp³-hybridized carbons (Fsp3) is 0.111. The number of hydrogen-bond acceptors (Lipinski definition) is 5. The lowest BCUT2D eigenvalue weighted by molar-refractivity contribution is 0.589. The van der Waals surface area contributed by atoms with Gasteiger partial charge in [-0.25, -0.2) is 13.4 Å². The summed E-state index contributed by atoms with van der Waals surface area (Å²) in [5, 5.41) is 0.773. The van der Waals surface area contributed by atoms with Crippen LogP contribution in [0.2, 0.25) is 0 Å². The van der Waals surface area contributed by atoms with E-state index in [1.54, 1.807) is 18.3 Å². The zero-order valence-electron chi connectivity index (χ0n) is 8.25. The molecule has 0 unspecified atom stereocenters. The molecule has 1 aromatic rings. The van der Waals surface area contributed by atoms with Gasteiger partial charge in [0.2, 0.25) is 0 Å². The summed E-state index contributed by atoms with van der Waals surface area (Å²) in [6.45, 7) is 3.88. The Labute approximate surface area is 97.7 Å². The zero-order valence-corrected chi connectivity index (χ0v) is 9.88. The number of aliphatic imine (C=N–C) groups is 1. The van der Waals surface area contributed by atoms with Gasteiger partial charge >= 0.3 is 0 Å². The van der Waals surface area contributed by atoms with Crippen molar-refractivity contribution in [3.05, 3.63) is 31.0 Å². The SMILES string of the molecule is C=CCN=C1NS(=O)(=O)c2cccnc2S1. The molecule has 0 radical (unpaired) electrons. The van der Waals surface area contributed by atoms with Crippen molar-refractivity contribution < 1.29 is 8.42 Å². The van der Waals surface area contributed by atoms with E-state index in [-0.39, 0.29) is 4.90 Å². The number of hydrogen-bond donors (Lipinski definition) is 1. The van der Waals surface area contributed by atoms with E-state index in [0.717, 1.165) is 0 Å². The number of thioether (sulfide) groups is 1. The molecule has 16 heavy (non-hydrogen) atoms. The van der Waals surface area contributed by atoms with Gasteiger partial charge in [0.1, 0.15) is 9.92 Å². The van der Waals surface area contributed by atoms with Crippen LogP contribution in [0, 0.1) is 0 Å². The molecule has 1 N–H and O–H groups in total. The predicted molar refractivity (Wildman–Crippen MR) is 62.9 cm³/mol. The van der Waals surface area contributed by atoms with Crippen LogP contribution < -0.4 is 4.72 Å². The summed E-state index contributed by atoms with van der Waals surface area (Å²) in [6, 6.07) is 3.10. The Morgan fingerprint density at radius 1 is 1.62 bits per heavy atom. The number of nitrogens with zero attached hydrogens (tertiary/aromatic N) is 2. The average molecular weight is 255 g/mol. The van der Waals surface area contributed by atoms with Crippen molar-refractivity contribution in [3.63, 3.8) is 0 Å². The molecule has 0 spiro atoms. The number of aromatic nitrogens is 1. The lowest BCUT2D eigenvalue weighted by Gasteiger charge is -2.17. The first-order valence-electron chi connectivity index (χ1n) is 4.44. The monoisotopic (exact) mass is 255 g/mol. The van der Waals surface area contributed by atoms with E-state index in [4.69, 9.17) is 0 Å². The molecule has 2 heterocycles. The van der Waals surface area contributed by atoms with E-state index in [1.165, 1.54) is 17.8 Å². The van der Waals surface area contributed by atoms with Gasteiger partial charge in [-0.1, -0.05) is 6.08 Å². The molecule has 0 aliphatic carbocycles. The average Bonchev–Trinajstić information content (AvgIpc) is 2.25. The minimum Gasteiger partial charge on any atom is -0.258 e. The Balaban J connectivity index is 2.45. The summed E-state index contributed by atoms with van der Waals surface area (Å²) in [4.78, 5) is 8.23. The second kappa shape index (κ2) is 4.26. The Morgan fingerprint density at radius 2 is 2.44 bits per heavy atom. The van der Waals surface area contributed by atoms with Crippen molar-refractivity contribution in [1.82, 2.24) is 9.71 Å². The standard InChI is InChI=1S/C9H9N3O2S2/c1-2-5-11-9-12-16(13,14)7-4-3-6-10-8(7)15-9/h2-4,6H,1,5H2,(H,11,12). The van der Waals surface area contributed by atoms with Gasteiger partial charge < -0.3 is 0 Å². The summed E-state index contributed by atoms with van der Waals surface area (Å²) in [5.41, 5.74) is 0. The van der Waals surface area contributed by atoms with Crippen molar-refractivity contribution in [2.45, 2.75) is 9.92 Å². The van der Waals surface area contributed by atoms with Crippen molar-refractivity contribution in [1.29, 1.82) is 0 Å². The first-order valence-corrected chi connectivity index (χ1v) is 6.74. The Bertz CT molecular complexity index is 552. The molecule has 7 heteroatoms. The number of pyridine rings is 1. The van der Waals surface area contributed by atoms with Crippen molar-refractivity contribution >= 4 is 27.0 Å². The van der Waals surface area contributed by atoms with Crippen LogP contribution in [-0.4, -0.2) is 25.1 Å². The molecule has 1 aromatic heterocycles. The Hall–Kier alpha value is -1.34. The number of sulfonamides is 1. The minimum absolute atomic E-state index is 0.192. The van der Waals surface area contributed by atoms with Gasteiger partial charge in [-0.05, 0) is 23.9 Å². The van der Waals surface area contributed by atoms with E-state index in [1.807, 2.05) is 0 Å². The zero-order chi connectivity index (χ0) is 11.6. The maximum Gasteiger partial charge on any atom is 0.266 e. The van der Waals surface area contributed by atoms with Crippen LogP contribution in [0.4, 0.5) is 0 Å². The van der Waals surface area contributed by atoms with Crippen LogP contribution in [0.25, 0.3) is 0 Å². The maximum absolute atomic E-state index is 11.8. The second-order valence-electron chi connectivity index (χ2n) is 2.95. The van der Waals surface area contributed by atoms with Gasteiger partial charge in [0.15, 0.2) is 5.17 Å². The van der Waals surface area contributed by atoms with Crippen molar-refractivity contribution in [3.8, 4) is 0 Å². The van der Waals surface area contributed by atoms with Gasteiger partial charge in [0.25, 0.3) is 10.0 Å². The highest BCUT2D eigenvalue weighted by Gasteiger charge is 2.27. The Kier molecular flexibility index (Phi) is 2.97. The molecule has 0 amide bonds. The molecule has 0 aromatic carbocycles. The van der Waals surface area contributed by atoms with Crippen LogP contribution in [0.15, 0.2) is 45.9 Å². The molecule has 0 bridgehead atoms. The fourth-order valence-corrected chi connectivity index (χ4v) is 3.65. The number of rotatable bonds is 2. The smallest absolute Gasteiger partial charge is 0.258 e. The van der Waals surface area contributed by atoms with Gasteiger partial charge in [0.05, 0.1) is 6.54 Å². The largest absolute Gasteiger partial charge is 0.266 e. The maximum atomic E-state index is 11.8. The first kappa shape index (κ1) is 11.2. The third-order valence-electron chi connectivity index (χ3n) is 1.80. The fourth-order valence-electron chi connectivity index (χ4n) is 1.15. The van der Waals surface area contributed by atoms with E-state index in [9.17, 15) is 8.42 Å². The van der Waals surface area contributed by atoms with E-state index in [2.05, 4.69) is 21.3 Å². The number of fused-ring (bicyclic) bond motifs is 1. The molecule has 5 nitrogen and oxygen atoms in total. The summed E-state index contributed by atoms with van der Waals surface area (Å²) in [6.07, 6.45) is 3.15. The number of amidine groups is 1. The first-order chi connectivity index (χ1) is 7.63. The van der Waals surface area contributed by atoms with Gasteiger partial charge in [0, 0.05) is 6.20 Å². The molecule has 0 fully saturated rings. The van der Waals surface area contributed by atoms with Crippen LogP contribution in [0.1, 0.15) is 0 Å². The molecule has 1 aliphatic heterocycles. The molecule has 2 rings (SSSR count). The summed E-state index contributed by atoms with van der Waals surface area (Å²) in [5.74, 6) is 0. The lowest BCUT2D eigenvalue weighted by atomic mass is 10.5. The molecule has 84 valence electrons. The molecule has 1 aliphatic rings. The van der Waals surface area contributed by atoms with Crippen LogP contribution >= 0.6 is 11.8 Å². The summed E-state index contributed by atoms with van der Waals surface area (Å²) in [7, 11) is -3.52. The predicted octanol–water partition coefficient (Wildman–Crippen LogP) is 1.01. The van der Waals surface area contributed by atoms with Crippen LogP contribution in [0.3, 0.4) is 0 Å². The quantitative estimate of drug-likeness (QED) is 0.800. The summed E-state index contributed by atoms with van der Waals surface area (Å²) >= 11 is 1.20. The van der Waals surface area contributed by atoms with Gasteiger partial charge in [-0.2, -0.15) is 0 Å². The van der Waals surface area contributed by atoms with Gasteiger partial charge in [-0.3, -0.25) is 9.71 Å². The molecular weight excluding hydrogens is 246 g/mol. The summed E-state index contributed by atoms with van der Waals surface area (Å²) < 4.78 is 25.9. The topological polar surface area (TPSA) is 71.4 Å². The van der Waals surface area contributed by atoms with Crippen LogP contribution in [0.5, 0.6) is 0 Å². The highest BCUT2D eigenvalue weighted by molar-refractivity contribution is 8.16. The van der Waals surface area contributed by atoms with Crippen molar-refractivity contribution in [2.24, 2.45) is 4.99 Å². The normalized spacial score (nSPS) is 19.9. The van der Waals surface area contributed by atoms with E-state index < -0.39 is 10.0 Å². The van der Waals surface area contributed by atoms with Crippen molar-refractivity contribution in [2.75, 3.05) is 6.54 Å². The third-order valence-corrected chi connectivity index (χ3v) is 4.38. The Morgan fingerprint density at radius 3 is 3.19 bits per heavy atom. The molecule has 0 atom stereocenters. The number of nitrogens with one attached hydrogen (secondary N) is 1. The molecule has 0 saturated carbocycles. The van der Waals surface area contributed by atoms with Gasteiger partial charge in [-0.15, -0.1) is 6.58 Å².